The predicted octanol–water partition coefficient (Wildman–Crippen LogP) is 2.30. The molecule has 1 fully saturated rings. The third-order valence-corrected chi connectivity index (χ3v) is 4.49. The Morgan fingerprint density at radius 1 is 1.04 bits per heavy atom. The van der Waals surface area contributed by atoms with E-state index in [1.807, 2.05) is 12.1 Å². The van der Waals surface area contributed by atoms with Gasteiger partial charge in [-0.15, -0.1) is 0 Å². The maximum atomic E-state index is 12.5. The highest BCUT2D eigenvalue weighted by atomic mass is 16.5. The van der Waals surface area contributed by atoms with Crippen LogP contribution in [0.1, 0.15) is 39.1 Å². The molecule has 0 bridgehead atoms. The highest BCUT2D eigenvalue weighted by Gasteiger charge is 2.31. The Morgan fingerprint density at radius 3 is 2.65 bits per heavy atom. The minimum atomic E-state index is -0.888. The molecule has 4 rings (SSSR count). The second-order valence-electron chi connectivity index (χ2n) is 6.57. The van der Waals surface area contributed by atoms with E-state index in [4.69, 9.17) is 4.74 Å². The molecule has 6 heteroatoms. The van der Waals surface area contributed by atoms with Crippen LogP contribution in [0.2, 0.25) is 0 Å². The first-order valence-corrected chi connectivity index (χ1v) is 8.61. The van der Waals surface area contributed by atoms with Crippen LogP contribution >= 0.6 is 0 Å². The first-order valence-electron chi connectivity index (χ1n) is 8.61. The molecule has 1 saturated carbocycles. The first kappa shape index (κ1) is 16.3. The molecule has 132 valence electrons. The van der Waals surface area contributed by atoms with E-state index in [9.17, 15) is 14.4 Å². The molecule has 1 aliphatic heterocycles. The van der Waals surface area contributed by atoms with Crippen LogP contribution in [0.3, 0.4) is 0 Å². The maximum Gasteiger partial charge on any atom is 0.339 e. The Kier molecular flexibility index (Phi) is 4.16. The average Bonchev–Trinajstić information content (AvgIpc) is 3.46. The minimum Gasteiger partial charge on any atom is -0.448 e. The molecule has 0 radical (unpaired) electrons. The summed E-state index contributed by atoms with van der Waals surface area (Å²) < 4.78 is 5.26. The fraction of sp³-hybridized carbons (Fsp3) is 0.250. The van der Waals surface area contributed by atoms with Crippen LogP contribution in [0.4, 0.5) is 5.69 Å². The van der Waals surface area contributed by atoms with Crippen molar-refractivity contribution >= 4 is 23.5 Å². The van der Waals surface area contributed by atoms with E-state index in [0.717, 1.165) is 18.4 Å². The van der Waals surface area contributed by atoms with Crippen molar-refractivity contribution in [2.45, 2.75) is 31.4 Å². The number of nitrogens with one attached hydrogen (secondary N) is 2. The Labute approximate surface area is 150 Å². The molecule has 2 N–H and O–H groups in total. The number of anilines is 1. The summed E-state index contributed by atoms with van der Waals surface area (Å²) in [6.07, 6.45) is 1.46. The van der Waals surface area contributed by atoms with Crippen molar-refractivity contribution in [2.75, 3.05) is 5.32 Å². The number of amides is 2. The van der Waals surface area contributed by atoms with Crippen LogP contribution in [0.15, 0.2) is 48.5 Å². The van der Waals surface area contributed by atoms with Gasteiger partial charge in [0.25, 0.3) is 11.8 Å². The van der Waals surface area contributed by atoms with Crippen molar-refractivity contribution in [3.8, 4) is 0 Å². The summed E-state index contributed by atoms with van der Waals surface area (Å²) in [5, 5.41) is 5.64. The van der Waals surface area contributed by atoms with Crippen LogP contribution in [-0.2, 0) is 16.0 Å². The Hall–Kier alpha value is -3.15. The van der Waals surface area contributed by atoms with E-state index in [2.05, 4.69) is 10.6 Å². The Bertz CT molecular complexity index is 889. The summed E-state index contributed by atoms with van der Waals surface area (Å²) in [7, 11) is 0. The van der Waals surface area contributed by atoms with Gasteiger partial charge in [0.15, 0.2) is 6.10 Å². The van der Waals surface area contributed by atoms with Gasteiger partial charge in [-0.25, -0.2) is 4.79 Å². The van der Waals surface area contributed by atoms with Gasteiger partial charge in [-0.05, 0) is 42.7 Å². The van der Waals surface area contributed by atoms with Gasteiger partial charge < -0.3 is 15.4 Å². The number of ether oxygens (including phenoxy) is 1. The van der Waals surface area contributed by atoms with Gasteiger partial charge in [0, 0.05) is 23.7 Å². The van der Waals surface area contributed by atoms with Crippen molar-refractivity contribution in [1.29, 1.82) is 0 Å². The van der Waals surface area contributed by atoms with Gasteiger partial charge in [0.1, 0.15) is 0 Å². The number of carbonyl (C=O) groups is 3. The average molecular weight is 350 g/mol. The van der Waals surface area contributed by atoms with Gasteiger partial charge in [0.2, 0.25) is 0 Å². The summed E-state index contributed by atoms with van der Waals surface area (Å²) in [4.78, 5) is 36.7. The number of esters is 1. The van der Waals surface area contributed by atoms with Crippen molar-refractivity contribution in [2.24, 2.45) is 0 Å². The molecule has 2 amide bonds. The summed E-state index contributed by atoms with van der Waals surface area (Å²) in [6.45, 7) is 0. The SMILES string of the molecule is O=C(NC1CC1)c1cccc(NC(=O)[C@H]2Cc3ccccc3C(=O)O2)c1. The highest BCUT2D eigenvalue weighted by Crippen LogP contribution is 2.22. The van der Waals surface area contributed by atoms with E-state index in [1.165, 1.54) is 0 Å². The highest BCUT2D eigenvalue weighted by molar-refractivity contribution is 6.01. The number of carbonyl (C=O) groups excluding carboxylic acids is 3. The smallest absolute Gasteiger partial charge is 0.339 e. The van der Waals surface area contributed by atoms with Crippen molar-refractivity contribution in [1.82, 2.24) is 5.32 Å². The van der Waals surface area contributed by atoms with E-state index in [1.54, 1.807) is 36.4 Å². The van der Waals surface area contributed by atoms with Gasteiger partial charge in [-0.1, -0.05) is 24.3 Å². The molecule has 1 heterocycles. The molecule has 26 heavy (non-hydrogen) atoms. The molecule has 2 aliphatic rings. The molecule has 6 nitrogen and oxygen atoms in total. The fourth-order valence-corrected chi connectivity index (χ4v) is 2.94. The lowest BCUT2D eigenvalue weighted by atomic mass is 9.98. The number of hydrogen-bond donors (Lipinski definition) is 2. The molecule has 1 aliphatic carbocycles. The monoisotopic (exact) mass is 350 g/mol. The second kappa shape index (κ2) is 6.63. The summed E-state index contributed by atoms with van der Waals surface area (Å²) in [5.74, 6) is -1.06. The molecule has 1 atom stereocenters. The molecular formula is C20H18N2O4. The van der Waals surface area contributed by atoms with Gasteiger partial charge in [-0.3, -0.25) is 9.59 Å². The normalized spacial score (nSPS) is 18.5. The van der Waals surface area contributed by atoms with E-state index in [-0.39, 0.29) is 11.9 Å². The number of cyclic esters (lactones) is 1. The van der Waals surface area contributed by atoms with Crippen molar-refractivity contribution in [3.63, 3.8) is 0 Å². The standard InChI is InChI=1S/C20H18N2O4/c23-18(21-14-8-9-14)13-5-3-6-15(10-13)22-19(24)17-11-12-4-1-2-7-16(12)20(25)26-17/h1-7,10,14,17H,8-9,11H2,(H,21,23)(H,22,24)/t17-/m1/s1. The van der Waals surface area contributed by atoms with Crippen LogP contribution in [0.25, 0.3) is 0 Å². The zero-order chi connectivity index (χ0) is 18.1. The molecule has 0 unspecified atom stereocenters. The largest absolute Gasteiger partial charge is 0.448 e. The molecule has 2 aromatic rings. The lowest BCUT2D eigenvalue weighted by molar-refractivity contribution is -0.125. The summed E-state index contributed by atoms with van der Waals surface area (Å²) in [5.41, 5.74) is 2.27. The van der Waals surface area contributed by atoms with Gasteiger partial charge in [0.05, 0.1) is 5.56 Å². The number of benzene rings is 2. The van der Waals surface area contributed by atoms with E-state index >= 15 is 0 Å². The molecule has 2 aromatic carbocycles. The second-order valence-corrected chi connectivity index (χ2v) is 6.57. The maximum absolute atomic E-state index is 12.5. The summed E-state index contributed by atoms with van der Waals surface area (Å²) >= 11 is 0. The Morgan fingerprint density at radius 2 is 1.85 bits per heavy atom. The lowest BCUT2D eigenvalue weighted by Gasteiger charge is -2.23. The van der Waals surface area contributed by atoms with Crippen LogP contribution < -0.4 is 10.6 Å². The first-order chi connectivity index (χ1) is 12.6. The van der Waals surface area contributed by atoms with Gasteiger partial charge >= 0.3 is 5.97 Å². The predicted molar refractivity (Wildman–Crippen MR) is 94.9 cm³/mol. The number of rotatable bonds is 4. The van der Waals surface area contributed by atoms with Crippen LogP contribution in [-0.4, -0.2) is 29.9 Å². The van der Waals surface area contributed by atoms with E-state index < -0.39 is 18.0 Å². The molecule has 0 saturated heterocycles. The van der Waals surface area contributed by atoms with Crippen molar-refractivity contribution < 1.29 is 19.1 Å². The van der Waals surface area contributed by atoms with Crippen LogP contribution in [0.5, 0.6) is 0 Å². The van der Waals surface area contributed by atoms with Gasteiger partial charge in [-0.2, -0.15) is 0 Å². The number of hydrogen-bond acceptors (Lipinski definition) is 4. The zero-order valence-corrected chi connectivity index (χ0v) is 14.0. The minimum absolute atomic E-state index is 0.151. The van der Waals surface area contributed by atoms with E-state index in [0.29, 0.717) is 23.2 Å². The molecule has 0 spiro atoms. The molecule has 0 aromatic heterocycles. The zero-order valence-electron chi connectivity index (χ0n) is 14.0. The van der Waals surface area contributed by atoms with Crippen molar-refractivity contribution in [3.05, 3.63) is 65.2 Å². The third-order valence-electron chi connectivity index (χ3n) is 4.49. The fourth-order valence-electron chi connectivity index (χ4n) is 2.94. The summed E-state index contributed by atoms with van der Waals surface area (Å²) in [6, 6.07) is 14.1. The number of fused-ring (bicyclic) bond motifs is 1. The molecular weight excluding hydrogens is 332 g/mol. The van der Waals surface area contributed by atoms with Crippen LogP contribution in [0, 0.1) is 0 Å². The lowest BCUT2D eigenvalue weighted by Crippen LogP contribution is -2.38. The third kappa shape index (κ3) is 3.44. The quantitative estimate of drug-likeness (QED) is 0.829. The Balaban J connectivity index is 1.45. The topological polar surface area (TPSA) is 84.5 Å².